The zero-order valence-electron chi connectivity index (χ0n) is 12.2. The van der Waals surface area contributed by atoms with Crippen LogP contribution in [0.4, 0.5) is 5.95 Å². The first-order valence-electron chi connectivity index (χ1n) is 7.77. The van der Waals surface area contributed by atoms with Gasteiger partial charge < -0.3 is 15.2 Å². The van der Waals surface area contributed by atoms with Gasteiger partial charge in [-0.2, -0.15) is 0 Å². The number of benzene rings is 1. The van der Waals surface area contributed by atoms with Crippen molar-refractivity contribution in [3.63, 3.8) is 0 Å². The Morgan fingerprint density at radius 3 is 3.15 bits per heavy atom. The number of nitrogens with zero attached hydrogens (tertiary/aromatic N) is 2. The van der Waals surface area contributed by atoms with Crippen LogP contribution in [0.5, 0.6) is 0 Å². The van der Waals surface area contributed by atoms with E-state index in [1.165, 1.54) is 19.3 Å². The van der Waals surface area contributed by atoms with Crippen LogP contribution in [0, 0.1) is 5.92 Å². The van der Waals surface area contributed by atoms with E-state index in [0.717, 1.165) is 49.1 Å². The first-order chi connectivity index (χ1) is 9.86. The van der Waals surface area contributed by atoms with Gasteiger partial charge in [-0.3, -0.25) is 0 Å². The van der Waals surface area contributed by atoms with Gasteiger partial charge in [-0.15, -0.1) is 0 Å². The normalized spacial score (nSPS) is 19.6. The number of aromatic amines is 1. The Hall–Kier alpha value is -1.55. The second kappa shape index (κ2) is 6.27. The minimum Gasteiger partial charge on any atom is -0.342 e. The number of piperidine rings is 1. The monoisotopic (exact) mass is 272 g/mol. The van der Waals surface area contributed by atoms with Crippen LogP contribution < -0.4 is 10.2 Å². The van der Waals surface area contributed by atoms with Crippen molar-refractivity contribution in [1.29, 1.82) is 0 Å². The summed E-state index contributed by atoms with van der Waals surface area (Å²) < 4.78 is 0. The Kier molecular flexibility index (Phi) is 4.21. The summed E-state index contributed by atoms with van der Waals surface area (Å²) in [5.41, 5.74) is 2.20. The average molecular weight is 272 g/mol. The molecule has 0 bridgehead atoms. The molecule has 4 nitrogen and oxygen atoms in total. The quantitative estimate of drug-likeness (QED) is 0.823. The fourth-order valence-corrected chi connectivity index (χ4v) is 3.00. The molecule has 1 aliphatic heterocycles. The van der Waals surface area contributed by atoms with E-state index < -0.39 is 0 Å². The van der Waals surface area contributed by atoms with Crippen molar-refractivity contribution >= 4 is 17.0 Å². The van der Waals surface area contributed by atoms with Crippen LogP contribution in [0.15, 0.2) is 24.3 Å². The third-order valence-electron chi connectivity index (χ3n) is 4.06. The summed E-state index contributed by atoms with van der Waals surface area (Å²) in [6.07, 6.45) is 3.79. The van der Waals surface area contributed by atoms with Gasteiger partial charge in [0.2, 0.25) is 5.95 Å². The number of anilines is 1. The number of aromatic nitrogens is 2. The lowest BCUT2D eigenvalue weighted by Gasteiger charge is -2.32. The number of hydrogen-bond donors (Lipinski definition) is 2. The summed E-state index contributed by atoms with van der Waals surface area (Å²) in [6, 6.07) is 8.26. The Morgan fingerprint density at radius 2 is 2.30 bits per heavy atom. The highest BCUT2D eigenvalue weighted by Crippen LogP contribution is 2.23. The third kappa shape index (κ3) is 2.96. The minimum atomic E-state index is 0.739. The minimum absolute atomic E-state index is 0.739. The van der Waals surface area contributed by atoms with Gasteiger partial charge in [0.05, 0.1) is 11.0 Å². The number of hydrogen-bond acceptors (Lipinski definition) is 3. The number of imidazole rings is 1. The van der Waals surface area contributed by atoms with Crippen molar-refractivity contribution in [3.05, 3.63) is 24.3 Å². The summed E-state index contributed by atoms with van der Waals surface area (Å²) in [5, 5.41) is 3.55. The molecule has 1 saturated heterocycles. The fourth-order valence-electron chi connectivity index (χ4n) is 3.00. The van der Waals surface area contributed by atoms with Crippen LogP contribution >= 0.6 is 0 Å². The topological polar surface area (TPSA) is 44.0 Å². The molecule has 2 N–H and O–H groups in total. The molecule has 0 aliphatic carbocycles. The van der Waals surface area contributed by atoms with Gasteiger partial charge in [0.25, 0.3) is 0 Å². The molecule has 1 aromatic heterocycles. The number of H-pyrrole nitrogens is 1. The van der Waals surface area contributed by atoms with E-state index in [4.69, 9.17) is 4.98 Å². The predicted molar refractivity (Wildman–Crippen MR) is 84.2 cm³/mol. The van der Waals surface area contributed by atoms with Crippen molar-refractivity contribution in [2.45, 2.75) is 26.2 Å². The summed E-state index contributed by atoms with van der Waals surface area (Å²) in [5.74, 6) is 1.77. The molecule has 0 amide bonds. The Bertz CT molecular complexity index is 515. The molecule has 4 heteroatoms. The molecule has 0 saturated carbocycles. The van der Waals surface area contributed by atoms with Gasteiger partial charge in [-0.1, -0.05) is 19.1 Å². The molecule has 1 atom stereocenters. The molecule has 1 aliphatic rings. The van der Waals surface area contributed by atoms with E-state index in [1.54, 1.807) is 0 Å². The molecule has 20 heavy (non-hydrogen) atoms. The van der Waals surface area contributed by atoms with E-state index in [9.17, 15) is 0 Å². The van der Waals surface area contributed by atoms with Gasteiger partial charge >= 0.3 is 0 Å². The molecule has 2 aromatic rings. The largest absolute Gasteiger partial charge is 0.342 e. The summed E-state index contributed by atoms with van der Waals surface area (Å²) >= 11 is 0. The predicted octanol–water partition coefficient (Wildman–Crippen LogP) is 2.78. The molecule has 1 unspecified atom stereocenters. The van der Waals surface area contributed by atoms with Crippen LogP contribution in [0.2, 0.25) is 0 Å². The van der Waals surface area contributed by atoms with Crippen molar-refractivity contribution in [3.8, 4) is 0 Å². The lowest BCUT2D eigenvalue weighted by molar-refractivity contribution is 0.390. The van der Waals surface area contributed by atoms with E-state index in [-0.39, 0.29) is 0 Å². The molecule has 1 aromatic carbocycles. The summed E-state index contributed by atoms with van der Waals surface area (Å²) in [6.45, 7) is 6.70. The smallest absolute Gasteiger partial charge is 0.203 e. The van der Waals surface area contributed by atoms with E-state index >= 15 is 0 Å². The number of para-hydroxylation sites is 2. The molecular weight excluding hydrogens is 248 g/mol. The maximum Gasteiger partial charge on any atom is 0.203 e. The van der Waals surface area contributed by atoms with Gasteiger partial charge in [-0.05, 0) is 50.4 Å². The lowest BCUT2D eigenvalue weighted by atomic mass is 9.98. The summed E-state index contributed by atoms with van der Waals surface area (Å²) in [4.78, 5) is 10.6. The second-order valence-electron chi connectivity index (χ2n) is 5.74. The van der Waals surface area contributed by atoms with Crippen LogP contribution in [0.3, 0.4) is 0 Å². The summed E-state index contributed by atoms with van der Waals surface area (Å²) in [7, 11) is 0. The third-order valence-corrected chi connectivity index (χ3v) is 4.06. The highest BCUT2D eigenvalue weighted by atomic mass is 15.3. The molecule has 0 spiro atoms. The van der Waals surface area contributed by atoms with Crippen LogP contribution in [-0.2, 0) is 0 Å². The van der Waals surface area contributed by atoms with Crippen LogP contribution in [0.1, 0.15) is 26.2 Å². The molecule has 108 valence electrons. The Balaban J connectivity index is 1.66. The van der Waals surface area contributed by atoms with Gasteiger partial charge in [0.1, 0.15) is 0 Å². The highest BCUT2D eigenvalue weighted by molar-refractivity contribution is 5.77. The van der Waals surface area contributed by atoms with E-state index in [0.29, 0.717) is 0 Å². The average Bonchev–Trinajstić information content (AvgIpc) is 2.92. The maximum atomic E-state index is 4.72. The van der Waals surface area contributed by atoms with E-state index in [2.05, 4.69) is 40.3 Å². The maximum absolute atomic E-state index is 4.72. The van der Waals surface area contributed by atoms with Crippen molar-refractivity contribution in [1.82, 2.24) is 15.3 Å². The number of nitrogens with one attached hydrogen (secondary N) is 2. The zero-order valence-corrected chi connectivity index (χ0v) is 12.2. The molecular formula is C16H24N4. The van der Waals surface area contributed by atoms with Gasteiger partial charge in [0, 0.05) is 13.1 Å². The van der Waals surface area contributed by atoms with E-state index in [1.807, 2.05) is 6.07 Å². The first-order valence-corrected chi connectivity index (χ1v) is 7.77. The van der Waals surface area contributed by atoms with Gasteiger partial charge in [-0.25, -0.2) is 4.98 Å². The van der Waals surface area contributed by atoms with Crippen LogP contribution in [-0.4, -0.2) is 36.1 Å². The van der Waals surface area contributed by atoms with Crippen molar-refractivity contribution in [2.24, 2.45) is 5.92 Å². The first kappa shape index (κ1) is 13.4. The Morgan fingerprint density at radius 1 is 1.40 bits per heavy atom. The number of fused-ring (bicyclic) bond motifs is 1. The van der Waals surface area contributed by atoms with Crippen molar-refractivity contribution in [2.75, 3.05) is 31.1 Å². The standard InChI is InChI=1S/C16H24N4/c1-2-9-17-11-13-6-5-10-20(12-13)16-18-14-7-3-4-8-15(14)19-16/h3-4,7-8,13,17H,2,5-6,9-12H2,1H3,(H,18,19). The Labute approximate surface area is 120 Å². The van der Waals surface area contributed by atoms with Gasteiger partial charge in [0.15, 0.2) is 0 Å². The molecule has 3 rings (SSSR count). The fraction of sp³-hybridized carbons (Fsp3) is 0.562. The lowest BCUT2D eigenvalue weighted by Crippen LogP contribution is -2.40. The molecule has 1 fully saturated rings. The zero-order chi connectivity index (χ0) is 13.8. The van der Waals surface area contributed by atoms with Crippen molar-refractivity contribution < 1.29 is 0 Å². The highest BCUT2D eigenvalue weighted by Gasteiger charge is 2.21. The van der Waals surface area contributed by atoms with Crippen LogP contribution in [0.25, 0.3) is 11.0 Å². The second-order valence-corrected chi connectivity index (χ2v) is 5.74. The SMILES string of the molecule is CCCNCC1CCCN(c2nc3ccccc3[nH]2)C1. The molecule has 0 radical (unpaired) electrons. The number of rotatable bonds is 5. The molecule has 2 heterocycles.